The van der Waals surface area contributed by atoms with E-state index in [2.05, 4.69) is 10.6 Å². The van der Waals surface area contributed by atoms with Crippen LogP contribution in [0.5, 0.6) is 5.75 Å². The number of benzene rings is 1. The minimum atomic E-state index is -0.559. The first-order chi connectivity index (χ1) is 9.56. The molecule has 2 N–H and O–H groups in total. The van der Waals surface area contributed by atoms with E-state index in [1.807, 2.05) is 19.1 Å². The van der Waals surface area contributed by atoms with E-state index in [0.717, 1.165) is 31.5 Å². The van der Waals surface area contributed by atoms with Gasteiger partial charge in [-0.3, -0.25) is 4.79 Å². The highest BCUT2D eigenvalue weighted by atomic mass is 35.5. The zero-order valence-electron chi connectivity index (χ0n) is 11.9. The Kier molecular flexibility index (Phi) is 5.26. The van der Waals surface area contributed by atoms with Crippen molar-refractivity contribution >= 4 is 17.5 Å². The number of carbonyl (C=O) groups excluding carboxylic acids is 1. The number of aryl methyl sites for hydroxylation is 1. The van der Waals surface area contributed by atoms with Crippen LogP contribution in [0, 0.1) is 6.92 Å². The van der Waals surface area contributed by atoms with Gasteiger partial charge in [0.2, 0.25) is 0 Å². The Balaban J connectivity index is 1.91. The normalized spacial score (nSPS) is 20.2. The van der Waals surface area contributed by atoms with Crippen LogP contribution in [0.25, 0.3) is 0 Å². The summed E-state index contributed by atoms with van der Waals surface area (Å²) >= 11 is 6.07. The molecule has 1 saturated heterocycles. The van der Waals surface area contributed by atoms with Crippen LogP contribution in [0.4, 0.5) is 0 Å². The van der Waals surface area contributed by atoms with E-state index in [9.17, 15) is 4.79 Å². The second-order valence-electron chi connectivity index (χ2n) is 5.25. The first-order valence-electron chi connectivity index (χ1n) is 7.00. The summed E-state index contributed by atoms with van der Waals surface area (Å²) in [6.07, 6.45) is 1.54. The molecule has 1 aromatic carbocycles. The molecule has 2 rings (SSSR count). The summed E-state index contributed by atoms with van der Waals surface area (Å²) in [6.45, 7) is 5.55. The van der Waals surface area contributed by atoms with Crippen molar-refractivity contribution in [2.75, 3.05) is 13.1 Å². The second kappa shape index (κ2) is 6.95. The number of halogens is 1. The Hall–Kier alpha value is -1.26. The minimum absolute atomic E-state index is 0.101. The smallest absolute Gasteiger partial charge is 0.261 e. The predicted octanol–water partition coefficient (Wildman–Crippen LogP) is 2.28. The molecule has 0 radical (unpaired) electrons. The molecular formula is C15H21ClN2O2. The van der Waals surface area contributed by atoms with Gasteiger partial charge in [0, 0.05) is 12.6 Å². The third kappa shape index (κ3) is 4.12. The van der Waals surface area contributed by atoms with E-state index in [-0.39, 0.29) is 11.9 Å². The molecule has 0 aliphatic carbocycles. The van der Waals surface area contributed by atoms with Crippen molar-refractivity contribution < 1.29 is 9.53 Å². The maximum atomic E-state index is 12.1. The van der Waals surface area contributed by atoms with Crippen LogP contribution in [0.1, 0.15) is 25.3 Å². The van der Waals surface area contributed by atoms with Crippen LogP contribution in [-0.2, 0) is 4.79 Å². The van der Waals surface area contributed by atoms with Gasteiger partial charge in [-0.2, -0.15) is 0 Å². The number of amides is 1. The van der Waals surface area contributed by atoms with Crippen LogP contribution in [0.3, 0.4) is 0 Å². The Morgan fingerprint density at radius 1 is 1.55 bits per heavy atom. The maximum Gasteiger partial charge on any atom is 0.261 e. The average Bonchev–Trinajstić information content (AvgIpc) is 2.44. The molecule has 2 atom stereocenters. The Morgan fingerprint density at radius 2 is 2.35 bits per heavy atom. The summed E-state index contributed by atoms with van der Waals surface area (Å²) in [5.41, 5.74) is 1.05. The SMILES string of the molecule is Cc1ccc(Cl)c(OC(C)C(=O)NC2CCCNC2)c1. The fourth-order valence-electron chi connectivity index (χ4n) is 2.24. The highest BCUT2D eigenvalue weighted by Gasteiger charge is 2.21. The first kappa shape index (κ1) is 15.1. The molecular weight excluding hydrogens is 276 g/mol. The van der Waals surface area contributed by atoms with Gasteiger partial charge in [-0.05, 0) is 50.9 Å². The lowest BCUT2D eigenvalue weighted by atomic mass is 10.1. The van der Waals surface area contributed by atoms with E-state index in [0.29, 0.717) is 10.8 Å². The molecule has 1 aliphatic rings. The number of ether oxygens (including phenoxy) is 1. The molecule has 0 spiro atoms. The fourth-order valence-corrected chi connectivity index (χ4v) is 2.40. The molecule has 0 bridgehead atoms. The van der Waals surface area contributed by atoms with E-state index in [1.165, 1.54) is 0 Å². The second-order valence-corrected chi connectivity index (χ2v) is 5.65. The topological polar surface area (TPSA) is 50.4 Å². The molecule has 0 aromatic heterocycles. The third-order valence-corrected chi connectivity index (χ3v) is 3.72. The van der Waals surface area contributed by atoms with Gasteiger partial charge in [-0.25, -0.2) is 0 Å². The van der Waals surface area contributed by atoms with Gasteiger partial charge in [-0.1, -0.05) is 17.7 Å². The van der Waals surface area contributed by atoms with Gasteiger partial charge in [0.15, 0.2) is 6.10 Å². The number of rotatable bonds is 4. The monoisotopic (exact) mass is 296 g/mol. The standard InChI is InChI=1S/C15H21ClN2O2/c1-10-5-6-13(16)14(8-10)20-11(2)15(19)18-12-4-3-7-17-9-12/h5-6,8,11-12,17H,3-4,7,9H2,1-2H3,(H,18,19). The maximum absolute atomic E-state index is 12.1. The largest absolute Gasteiger partial charge is 0.479 e. The van der Waals surface area contributed by atoms with Crippen molar-refractivity contribution in [2.24, 2.45) is 0 Å². The van der Waals surface area contributed by atoms with Crippen molar-refractivity contribution in [1.82, 2.24) is 10.6 Å². The molecule has 1 heterocycles. The molecule has 1 amide bonds. The van der Waals surface area contributed by atoms with E-state index >= 15 is 0 Å². The van der Waals surface area contributed by atoms with Gasteiger partial charge >= 0.3 is 0 Å². The summed E-state index contributed by atoms with van der Waals surface area (Å²) in [4.78, 5) is 12.1. The molecule has 20 heavy (non-hydrogen) atoms. The van der Waals surface area contributed by atoms with Crippen LogP contribution in [0.15, 0.2) is 18.2 Å². The number of carbonyl (C=O) groups is 1. The Morgan fingerprint density at radius 3 is 3.05 bits per heavy atom. The zero-order valence-corrected chi connectivity index (χ0v) is 12.7. The van der Waals surface area contributed by atoms with Crippen LogP contribution in [-0.4, -0.2) is 31.1 Å². The van der Waals surface area contributed by atoms with Gasteiger partial charge in [0.25, 0.3) is 5.91 Å². The van der Waals surface area contributed by atoms with Crippen molar-refractivity contribution in [3.8, 4) is 5.75 Å². The summed E-state index contributed by atoms with van der Waals surface area (Å²) in [5, 5.41) is 6.79. The number of nitrogens with one attached hydrogen (secondary N) is 2. The van der Waals surface area contributed by atoms with Crippen LogP contribution in [0.2, 0.25) is 5.02 Å². The van der Waals surface area contributed by atoms with Crippen molar-refractivity contribution in [3.05, 3.63) is 28.8 Å². The fraction of sp³-hybridized carbons (Fsp3) is 0.533. The van der Waals surface area contributed by atoms with Crippen molar-refractivity contribution in [1.29, 1.82) is 0 Å². The van der Waals surface area contributed by atoms with Crippen molar-refractivity contribution in [2.45, 2.75) is 38.8 Å². The zero-order chi connectivity index (χ0) is 14.5. The summed E-state index contributed by atoms with van der Waals surface area (Å²) in [5.74, 6) is 0.451. The predicted molar refractivity (Wildman–Crippen MR) is 80.3 cm³/mol. The van der Waals surface area contributed by atoms with Crippen LogP contribution >= 0.6 is 11.6 Å². The molecule has 1 aliphatic heterocycles. The molecule has 5 heteroatoms. The van der Waals surface area contributed by atoms with E-state index in [1.54, 1.807) is 13.0 Å². The molecule has 1 fully saturated rings. The molecule has 4 nitrogen and oxygen atoms in total. The quantitative estimate of drug-likeness (QED) is 0.896. The Bertz CT molecular complexity index is 473. The third-order valence-electron chi connectivity index (χ3n) is 3.40. The highest BCUT2D eigenvalue weighted by Crippen LogP contribution is 2.26. The lowest BCUT2D eigenvalue weighted by Crippen LogP contribution is -2.49. The number of hydrogen-bond donors (Lipinski definition) is 2. The lowest BCUT2D eigenvalue weighted by molar-refractivity contribution is -0.128. The van der Waals surface area contributed by atoms with Crippen LogP contribution < -0.4 is 15.4 Å². The highest BCUT2D eigenvalue weighted by molar-refractivity contribution is 6.32. The summed E-state index contributed by atoms with van der Waals surface area (Å²) < 4.78 is 5.66. The molecule has 110 valence electrons. The summed E-state index contributed by atoms with van der Waals surface area (Å²) in [7, 11) is 0. The van der Waals surface area contributed by atoms with E-state index < -0.39 is 6.10 Å². The Labute approximate surface area is 124 Å². The first-order valence-corrected chi connectivity index (χ1v) is 7.38. The number of hydrogen-bond acceptors (Lipinski definition) is 3. The van der Waals surface area contributed by atoms with E-state index in [4.69, 9.17) is 16.3 Å². The van der Waals surface area contributed by atoms with Gasteiger partial charge in [0.05, 0.1) is 5.02 Å². The molecule has 0 saturated carbocycles. The minimum Gasteiger partial charge on any atom is -0.479 e. The molecule has 2 unspecified atom stereocenters. The van der Waals surface area contributed by atoms with Gasteiger partial charge in [0.1, 0.15) is 5.75 Å². The summed E-state index contributed by atoms with van der Waals surface area (Å²) in [6, 6.07) is 5.72. The average molecular weight is 297 g/mol. The van der Waals surface area contributed by atoms with Gasteiger partial charge < -0.3 is 15.4 Å². The lowest BCUT2D eigenvalue weighted by Gasteiger charge is -2.25. The van der Waals surface area contributed by atoms with Gasteiger partial charge in [-0.15, -0.1) is 0 Å². The number of piperidine rings is 1. The van der Waals surface area contributed by atoms with Crippen molar-refractivity contribution in [3.63, 3.8) is 0 Å². The molecule has 1 aromatic rings.